The highest BCUT2D eigenvalue weighted by Gasteiger charge is 2.22. The minimum absolute atomic E-state index is 0.0723. The molecule has 1 N–H and O–H groups in total. The molecule has 78 valence electrons. The zero-order chi connectivity index (χ0) is 10.8. The molecule has 5 nitrogen and oxygen atoms in total. The maximum Gasteiger partial charge on any atom is 0.175 e. The van der Waals surface area contributed by atoms with Crippen molar-refractivity contribution in [1.29, 1.82) is 0 Å². The van der Waals surface area contributed by atoms with E-state index in [0.717, 1.165) is 0 Å². The minimum Gasteiger partial charge on any atom is -0.504 e. The first-order chi connectivity index (χ1) is 7.27. The molecule has 0 aliphatic carbocycles. The molecular formula is C10H8O5. The molecule has 1 aromatic carbocycles. The van der Waals surface area contributed by atoms with E-state index in [-0.39, 0.29) is 41.6 Å². The van der Waals surface area contributed by atoms with E-state index in [1.165, 1.54) is 6.07 Å². The van der Waals surface area contributed by atoms with Crippen LogP contribution in [0.25, 0.3) is 0 Å². The number of rotatable bonds is 2. The average molecular weight is 208 g/mol. The molecule has 0 spiro atoms. The van der Waals surface area contributed by atoms with Crippen molar-refractivity contribution in [2.45, 2.75) is 0 Å². The Balaban J connectivity index is 2.73. The molecule has 0 saturated heterocycles. The van der Waals surface area contributed by atoms with Gasteiger partial charge in [0.25, 0.3) is 0 Å². The summed E-state index contributed by atoms with van der Waals surface area (Å²) in [6.45, 7) is 0.453. The molecule has 15 heavy (non-hydrogen) atoms. The lowest BCUT2D eigenvalue weighted by Gasteiger charge is -2.09. The normalized spacial score (nSPS) is 13.3. The molecule has 1 aliphatic rings. The lowest BCUT2D eigenvalue weighted by atomic mass is 10.1. The zero-order valence-corrected chi connectivity index (χ0v) is 7.73. The molecule has 0 aromatic heterocycles. The van der Waals surface area contributed by atoms with Crippen LogP contribution < -0.4 is 9.47 Å². The summed E-state index contributed by atoms with van der Waals surface area (Å²) in [6.07, 6.45) is 1.03. The predicted molar refractivity (Wildman–Crippen MR) is 49.9 cm³/mol. The molecule has 2 bridgehead atoms. The van der Waals surface area contributed by atoms with Crippen LogP contribution in [0.3, 0.4) is 0 Å². The van der Waals surface area contributed by atoms with Gasteiger partial charge in [0.2, 0.25) is 0 Å². The van der Waals surface area contributed by atoms with E-state index in [1.807, 2.05) is 0 Å². The first kappa shape index (κ1) is 9.51. The number of phenolic OH excluding ortho intramolecular Hbond substituents is 1. The Morgan fingerprint density at radius 1 is 1.13 bits per heavy atom. The van der Waals surface area contributed by atoms with Crippen molar-refractivity contribution in [3.05, 3.63) is 17.2 Å². The monoisotopic (exact) mass is 208 g/mol. The summed E-state index contributed by atoms with van der Waals surface area (Å²) in [5.41, 5.74) is 0.221. The quantitative estimate of drug-likeness (QED) is 0.727. The fourth-order valence-corrected chi connectivity index (χ4v) is 1.47. The lowest BCUT2D eigenvalue weighted by Crippen LogP contribution is -2.05. The van der Waals surface area contributed by atoms with Crippen molar-refractivity contribution < 1.29 is 24.2 Å². The highest BCUT2D eigenvalue weighted by molar-refractivity contribution is 5.93. The number of ether oxygens (including phenoxy) is 2. The van der Waals surface area contributed by atoms with Crippen molar-refractivity contribution in [1.82, 2.24) is 0 Å². The molecule has 0 fully saturated rings. The Labute approximate surface area is 85.2 Å². The topological polar surface area (TPSA) is 72.8 Å². The average Bonchev–Trinajstić information content (AvgIpc) is 2.42. The SMILES string of the molecule is O=Cc1cc(O)c2c(C=O)c1OCCO2. The van der Waals surface area contributed by atoms with Gasteiger partial charge in [0.1, 0.15) is 24.5 Å². The number of hydrogen-bond acceptors (Lipinski definition) is 5. The largest absolute Gasteiger partial charge is 0.504 e. The highest BCUT2D eigenvalue weighted by Crippen LogP contribution is 2.39. The fraction of sp³-hybridized carbons (Fsp3) is 0.200. The Bertz CT molecular complexity index is 424. The van der Waals surface area contributed by atoms with E-state index in [0.29, 0.717) is 12.6 Å². The van der Waals surface area contributed by atoms with Gasteiger partial charge in [-0.2, -0.15) is 0 Å². The van der Waals surface area contributed by atoms with Gasteiger partial charge in [-0.05, 0) is 6.07 Å². The second-order valence-electron chi connectivity index (χ2n) is 2.99. The van der Waals surface area contributed by atoms with E-state index in [4.69, 9.17) is 9.47 Å². The van der Waals surface area contributed by atoms with Gasteiger partial charge >= 0.3 is 0 Å². The van der Waals surface area contributed by atoms with E-state index in [1.54, 1.807) is 0 Å². The first-order valence-corrected chi connectivity index (χ1v) is 4.34. The summed E-state index contributed by atoms with van der Waals surface area (Å²) in [5.74, 6) is 0.0156. The Morgan fingerprint density at radius 2 is 1.80 bits per heavy atom. The molecule has 0 unspecified atom stereocenters. The fourth-order valence-electron chi connectivity index (χ4n) is 1.47. The van der Waals surface area contributed by atoms with E-state index < -0.39 is 0 Å². The molecule has 0 atom stereocenters. The summed E-state index contributed by atoms with van der Waals surface area (Å²) in [5, 5.41) is 9.52. The number of hydrogen-bond donors (Lipinski definition) is 1. The van der Waals surface area contributed by atoms with Crippen LogP contribution in [0.15, 0.2) is 6.07 Å². The summed E-state index contributed by atoms with van der Waals surface area (Å²) in [6, 6.07) is 1.22. The van der Waals surface area contributed by atoms with Gasteiger partial charge in [-0.15, -0.1) is 0 Å². The van der Waals surface area contributed by atoms with Gasteiger partial charge in [0.05, 0.1) is 5.56 Å². The van der Waals surface area contributed by atoms with Crippen molar-refractivity contribution in [3.63, 3.8) is 0 Å². The van der Waals surface area contributed by atoms with Crippen LogP contribution in [0.2, 0.25) is 0 Å². The van der Waals surface area contributed by atoms with E-state index in [9.17, 15) is 14.7 Å². The number of aldehydes is 2. The smallest absolute Gasteiger partial charge is 0.175 e. The molecule has 1 aromatic rings. The molecule has 0 radical (unpaired) electrons. The van der Waals surface area contributed by atoms with Crippen LogP contribution >= 0.6 is 0 Å². The van der Waals surface area contributed by atoms with Gasteiger partial charge in [-0.3, -0.25) is 9.59 Å². The summed E-state index contributed by atoms with van der Waals surface area (Å²) in [7, 11) is 0. The van der Waals surface area contributed by atoms with Gasteiger partial charge in [0.15, 0.2) is 24.1 Å². The molecule has 0 saturated carbocycles. The van der Waals surface area contributed by atoms with Crippen LogP contribution in [0.4, 0.5) is 0 Å². The number of aromatic hydroxyl groups is 1. The molecule has 0 amide bonds. The van der Waals surface area contributed by atoms with Gasteiger partial charge in [0, 0.05) is 0 Å². The number of fused-ring (bicyclic) bond motifs is 2. The number of carbonyl (C=O) groups is 2. The van der Waals surface area contributed by atoms with Crippen LogP contribution in [0.5, 0.6) is 17.2 Å². The van der Waals surface area contributed by atoms with Crippen molar-refractivity contribution in [2.24, 2.45) is 0 Å². The van der Waals surface area contributed by atoms with Crippen molar-refractivity contribution >= 4 is 12.6 Å². The highest BCUT2D eigenvalue weighted by atomic mass is 16.5. The zero-order valence-electron chi connectivity index (χ0n) is 7.73. The standard InChI is InChI=1S/C10H8O5/c11-4-6-3-8(13)10-7(5-12)9(6)14-1-2-15-10/h3-5,13H,1-2H2. The van der Waals surface area contributed by atoms with Crippen LogP contribution in [-0.2, 0) is 0 Å². The second-order valence-corrected chi connectivity index (χ2v) is 2.99. The minimum atomic E-state index is -0.228. The van der Waals surface area contributed by atoms with Gasteiger partial charge in [-0.25, -0.2) is 0 Å². The van der Waals surface area contributed by atoms with Crippen LogP contribution in [0, 0.1) is 0 Å². The van der Waals surface area contributed by atoms with Crippen molar-refractivity contribution in [3.8, 4) is 17.2 Å². The maximum atomic E-state index is 10.8. The number of benzene rings is 1. The van der Waals surface area contributed by atoms with E-state index in [2.05, 4.69) is 0 Å². The van der Waals surface area contributed by atoms with Crippen LogP contribution in [0.1, 0.15) is 20.7 Å². The third-order valence-electron chi connectivity index (χ3n) is 2.10. The maximum absolute atomic E-state index is 10.8. The van der Waals surface area contributed by atoms with E-state index >= 15 is 0 Å². The number of phenols is 1. The first-order valence-electron chi connectivity index (χ1n) is 4.34. The Morgan fingerprint density at radius 3 is 2.40 bits per heavy atom. The molecule has 2 rings (SSSR count). The second kappa shape index (κ2) is 3.61. The van der Waals surface area contributed by atoms with Crippen molar-refractivity contribution in [2.75, 3.05) is 13.2 Å². The predicted octanol–water partition coefficient (Wildman–Crippen LogP) is 0.788. The summed E-state index contributed by atoms with van der Waals surface area (Å²) in [4.78, 5) is 21.5. The third kappa shape index (κ3) is 1.41. The van der Waals surface area contributed by atoms with Crippen LogP contribution in [-0.4, -0.2) is 30.9 Å². The molecule has 1 aliphatic heterocycles. The molecular weight excluding hydrogens is 200 g/mol. The lowest BCUT2D eigenvalue weighted by molar-refractivity contribution is 0.111. The van der Waals surface area contributed by atoms with Gasteiger partial charge in [-0.1, -0.05) is 0 Å². The summed E-state index contributed by atoms with van der Waals surface area (Å²) >= 11 is 0. The molecule has 5 heteroatoms. The van der Waals surface area contributed by atoms with Gasteiger partial charge < -0.3 is 14.6 Å². The molecule has 1 heterocycles. The Hall–Kier alpha value is -2.04. The summed E-state index contributed by atoms with van der Waals surface area (Å²) < 4.78 is 10.3. The number of carbonyl (C=O) groups excluding carboxylic acids is 2. The Kier molecular flexibility index (Phi) is 2.29. The third-order valence-corrected chi connectivity index (χ3v) is 2.10.